The van der Waals surface area contributed by atoms with Gasteiger partial charge in [0.05, 0.1) is 24.3 Å². The zero-order valence-corrected chi connectivity index (χ0v) is 11.6. The Balaban J connectivity index is 1.75. The predicted molar refractivity (Wildman–Crippen MR) is 78.1 cm³/mol. The number of aromatic nitrogens is 3. The SMILES string of the molecule is COc1cc(CSc2nc3ccncc3[nH]2)ccc1O. The van der Waals surface area contributed by atoms with E-state index in [1.165, 1.54) is 7.11 Å². The highest BCUT2D eigenvalue weighted by molar-refractivity contribution is 7.98. The van der Waals surface area contributed by atoms with Gasteiger partial charge in [-0.1, -0.05) is 17.8 Å². The van der Waals surface area contributed by atoms with Crippen LogP contribution in [0.15, 0.2) is 41.8 Å². The minimum absolute atomic E-state index is 0.149. The summed E-state index contributed by atoms with van der Waals surface area (Å²) in [5.41, 5.74) is 2.90. The number of rotatable bonds is 4. The highest BCUT2D eigenvalue weighted by Gasteiger charge is 2.06. The van der Waals surface area contributed by atoms with E-state index in [9.17, 15) is 5.11 Å². The topological polar surface area (TPSA) is 71.0 Å². The van der Waals surface area contributed by atoms with E-state index in [1.807, 2.05) is 18.2 Å². The van der Waals surface area contributed by atoms with Crippen molar-refractivity contribution in [2.75, 3.05) is 7.11 Å². The average Bonchev–Trinajstić information content (AvgIpc) is 2.89. The minimum atomic E-state index is 0.149. The Morgan fingerprint density at radius 1 is 1.35 bits per heavy atom. The second-order valence-corrected chi connectivity index (χ2v) is 5.19. The molecular formula is C14H13N3O2S. The molecule has 6 heteroatoms. The summed E-state index contributed by atoms with van der Waals surface area (Å²) in [7, 11) is 1.54. The van der Waals surface area contributed by atoms with Crippen molar-refractivity contribution in [2.24, 2.45) is 0 Å². The zero-order valence-electron chi connectivity index (χ0n) is 10.8. The molecule has 2 heterocycles. The summed E-state index contributed by atoms with van der Waals surface area (Å²) in [6, 6.07) is 7.21. The van der Waals surface area contributed by atoms with Crippen molar-refractivity contribution in [1.82, 2.24) is 15.0 Å². The number of nitrogens with one attached hydrogen (secondary N) is 1. The maximum Gasteiger partial charge on any atom is 0.166 e. The Bertz CT molecular complexity index is 709. The highest BCUT2D eigenvalue weighted by Crippen LogP contribution is 2.29. The number of hydrogen-bond donors (Lipinski definition) is 2. The lowest BCUT2D eigenvalue weighted by molar-refractivity contribution is 0.373. The monoisotopic (exact) mass is 287 g/mol. The number of ether oxygens (including phenoxy) is 1. The van der Waals surface area contributed by atoms with Crippen LogP contribution in [0, 0.1) is 0 Å². The van der Waals surface area contributed by atoms with Gasteiger partial charge in [0.25, 0.3) is 0 Å². The van der Waals surface area contributed by atoms with Gasteiger partial charge in [0.1, 0.15) is 0 Å². The second-order valence-electron chi connectivity index (χ2n) is 4.23. The lowest BCUT2D eigenvalue weighted by Gasteiger charge is -2.05. The van der Waals surface area contributed by atoms with E-state index in [1.54, 1.807) is 30.2 Å². The number of methoxy groups -OCH3 is 1. The molecule has 0 unspecified atom stereocenters. The molecule has 0 saturated carbocycles. The highest BCUT2D eigenvalue weighted by atomic mass is 32.2. The molecule has 0 spiro atoms. The molecule has 0 saturated heterocycles. The first-order valence-corrected chi connectivity index (χ1v) is 7.03. The molecule has 0 radical (unpaired) electrons. The van der Waals surface area contributed by atoms with E-state index < -0.39 is 0 Å². The fourth-order valence-electron chi connectivity index (χ4n) is 1.87. The number of thioether (sulfide) groups is 1. The molecule has 0 atom stereocenters. The third-order valence-corrected chi connectivity index (χ3v) is 3.83. The molecule has 102 valence electrons. The molecule has 1 aromatic carbocycles. The number of phenolic OH excluding ortho intramolecular Hbond substituents is 1. The third-order valence-electron chi connectivity index (χ3n) is 2.88. The molecule has 20 heavy (non-hydrogen) atoms. The number of phenols is 1. The van der Waals surface area contributed by atoms with Gasteiger partial charge in [0.2, 0.25) is 0 Å². The number of pyridine rings is 1. The van der Waals surface area contributed by atoms with Crippen LogP contribution in [0.25, 0.3) is 11.0 Å². The Kier molecular flexibility index (Phi) is 3.47. The maximum atomic E-state index is 9.56. The third kappa shape index (κ3) is 2.55. The maximum absolute atomic E-state index is 9.56. The van der Waals surface area contributed by atoms with Gasteiger partial charge in [0, 0.05) is 11.9 Å². The summed E-state index contributed by atoms with van der Waals surface area (Å²) < 4.78 is 5.09. The van der Waals surface area contributed by atoms with Gasteiger partial charge >= 0.3 is 0 Å². The lowest BCUT2D eigenvalue weighted by atomic mass is 10.2. The van der Waals surface area contributed by atoms with Crippen LogP contribution in [-0.2, 0) is 5.75 Å². The summed E-state index contributed by atoms with van der Waals surface area (Å²) in [5.74, 6) is 1.37. The van der Waals surface area contributed by atoms with Crippen LogP contribution in [0.1, 0.15) is 5.56 Å². The molecule has 0 aliphatic carbocycles. The molecule has 0 aliphatic heterocycles. The van der Waals surface area contributed by atoms with E-state index in [4.69, 9.17) is 4.74 Å². The van der Waals surface area contributed by atoms with Gasteiger partial charge in [-0.25, -0.2) is 4.98 Å². The smallest absolute Gasteiger partial charge is 0.166 e. The number of aromatic amines is 1. The van der Waals surface area contributed by atoms with Gasteiger partial charge in [0.15, 0.2) is 16.7 Å². The Labute approximate surface area is 120 Å². The number of imidazole rings is 1. The summed E-state index contributed by atoms with van der Waals surface area (Å²) in [6.07, 6.45) is 3.48. The van der Waals surface area contributed by atoms with E-state index in [0.717, 1.165) is 27.5 Å². The molecule has 3 rings (SSSR count). The van der Waals surface area contributed by atoms with Gasteiger partial charge in [-0.3, -0.25) is 4.98 Å². The molecule has 0 fully saturated rings. The van der Waals surface area contributed by atoms with Crippen molar-refractivity contribution in [3.8, 4) is 11.5 Å². The van der Waals surface area contributed by atoms with Crippen LogP contribution in [-0.4, -0.2) is 27.2 Å². The fraction of sp³-hybridized carbons (Fsp3) is 0.143. The van der Waals surface area contributed by atoms with E-state index >= 15 is 0 Å². The van der Waals surface area contributed by atoms with E-state index in [2.05, 4.69) is 15.0 Å². The summed E-state index contributed by atoms with van der Waals surface area (Å²) in [6.45, 7) is 0. The molecular weight excluding hydrogens is 274 g/mol. The number of benzene rings is 1. The van der Waals surface area contributed by atoms with Crippen molar-refractivity contribution >= 4 is 22.8 Å². The quantitative estimate of drug-likeness (QED) is 0.722. The first-order valence-electron chi connectivity index (χ1n) is 6.04. The van der Waals surface area contributed by atoms with Crippen molar-refractivity contribution in [2.45, 2.75) is 10.9 Å². The number of hydrogen-bond acceptors (Lipinski definition) is 5. The molecule has 0 amide bonds. The van der Waals surface area contributed by atoms with Crippen molar-refractivity contribution in [3.05, 3.63) is 42.2 Å². The first kappa shape index (κ1) is 12.8. The predicted octanol–water partition coefficient (Wildman–Crippen LogP) is 2.96. The lowest BCUT2D eigenvalue weighted by Crippen LogP contribution is -1.87. The number of nitrogens with zero attached hydrogens (tertiary/aromatic N) is 2. The van der Waals surface area contributed by atoms with Crippen LogP contribution in [0.2, 0.25) is 0 Å². The van der Waals surface area contributed by atoms with Gasteiger partial charge < -0.3 is 14.8 Å². The van der Waals surface area contributed by atoms with Gasteiger partial charge in [-0.2, -0.15) is 0 Å². The summed E-state index contributed by atoms with van der Waals surface area (Å²) >= 11 is 1.59. The Hall–Kier alpha value is -2.21. The average molecular weight is 287 g/mol. The van der Waals surface area contributed by atoms with E-state index in [-0.39, 0.29) is 5.75 Å². The fourth-order valence-corrected chi connectivity index (χ4v) is 2.69. The van der Waals surface area contributed by atoms with Crippen LogP contribution in [0.4, 0.5) is 0 Å². The number of fused-ring (bicyclic) bond motifs is 1. The second kappa shape index (κ2) is 5.42. The van der Waals surface area contributed by atoms with Crippen LogP contribution >= 0.6 is 11.8 Å². The van der Waals surface area contributed by atoms with Gasteiger partial charge in [-0.15, -0.1) is 0 Å². The Morgan fingerprint density at radius 2 is 2.25 bits per heavy atom. The standard InChI is InChI=1S/C14H13N3O2S/c1-19-13-6-9(2-3-12(13)18)8-20-14-16-10-4-5-15-7-11(10)17-14/h2-7,18H,8H2,1H3,(H,16,17). The van der Waals surface area contributed by atoms with Crippen molar-refractivity contribution in [1.29, 1.82) is 0 Å². The Morgan fingerprint density at radius 3 is 3.05 bits per heavy atom. The van der Waals surface area contributed by atoms with Crippen LogP contribution in [0.5, 0.6) is 11.5 Å². The zero-order chi connectivity index (χ0) is 13.9. The molecule has 2 aromatic heterocycles. The molecule has 2 N–H and O–H groups in total. The van der Waals surface area contributed by atoms with Crippen molar-refractivity contribution in [3.63, 3.8) is 0 Å². The molecule has 0 aliphatic rings. The van der Waals surface area contributed by atoms with Crippen molar-refractivity contribution < 1.29 is 9.84 Å². The summed E-state index contributed by atoms with van der Waals surface area (Å²) in [5, 5.41) is 10.4. The number of aromatic hydroxyl groups is 1. The molecule has 3 aromatic rings. The normalized spacial score (nSPS) is 10.8. The molecule has 5 nitrogen and oxygen atoms in total. The van der Waals surface area contributed by atoms with Crippen LogP contribution in [0.3, 0.4) is 0 Å². The number of H-pyrrole nitrogens is 1. The van der Waals surface area contributed by atoms with E-state index in [0.29, 0.717) is 5.75 Å². The first-order chi connectivity index (χ1) is 9.76. The largest absolute Gasteiger partial charge is 0.504 e. The minimum Gasteiger partial charge on any atom is -0.504 e. The molecule has 0 bridgehead atoms. The summed E-state index contributed by atoms with van der Waals surface area (Å²) in [4.78, 5) is 11.7. The van der Waals surface area contributed by atoms with Gasteiger partial charge in [-0.05, 0) is 23.8 Å². The van der Waals surface area contributed by atoms with Crippen LogP contribution < -0.4 is 4.74 Å².